The number of fused-ring (bicyclic) bond motifs is 2. The first kappa shape index (κ1) is 22.0. The van der Waals surface area contributed by atoms with Crippen LogP contribution in [0.1, 0.15) is 18.3 Å². The summed E-state index contributed by atoms with van der Waals surface area (Å²) in [6, 6.07) is 13.5. The van der Waals surface area contributed by atoms with Crippen LogP contribution in [0.15, 0.2) is 52.4 Å². The van der Waals surface area contributed by atoms with Gasteiger partial charge in [-0.2, -0.15) is 4.31 Å². The molecule has 2 aliphatic rings. The van der Waals surface area contributed by atoms with Gasteiger partial charge in [0.05, 0.1) is 40.6 Å². The van der Waals surface area contributed by atoms with Crippen molar-refractivity contribution in [1.82, 2.24) is 13.9 Å². The average Bonchev–Trinajstić information content (AvgIpc) is 3.20. The first-order valence-corrected chi connectivity index (χ1v) is 14.0. The molecule has 5 rings (SSSR count). The topological polar surface area (TPSA) is 76.8 Å². The Morgan fingerprint density at radius 1 is 1.16 bits per heavy atom. The molecule has 2 aromatic carbocycles. The van der Waals surface area contributed by atoms with Crippen LogP contribution in [0.5, 0.6) is 0 Å². The molecule has 0 saturated carbocycles. The van der Waals surface area contributed by atoms with Crippen LogP contribution in [0.4, 0.5) is 5.69 Å². The number of benzene rings is 2. The Balaban J connectivity index is 1.40. The third kappa shape index (κ3) is 4.22. The molecule has 0 radical (unpaired) electrons. The summed E-state index contributed by atoms with van der Waals surface area (Å²) in [7, 11) is -3.55. The number of imidazole rings is 1. The maximum atomic E-state index is 13.0. The molecule has 10 heteroatoms. The van der Waals surface area contributed by atoms with E-state index in [0.29, 0.717) is 37.6 Å². The molecule has 32 heavy (non-hydrogen) atoms. The molecule has 168 valence electrons. The maximum absolute atomic E-state index is 13.0. The van der Waals surface area contributed by atoms with Gasteiger partial charge >= 0.3 is 0 Å². The van der Waals surface area contributed by atoms with E-state index in [1.165, 1.54) is 9.87 Å². The molecule has 0 spiro atoms. The summed E-state index contributed by atoms with van der Waals surface area (Å²) in [6.07, 6.45) is 0. The second-order valence-electron chi connectivity index (χ2n) is 7.52. The van der Waals surface area contributed by atoms with Crippen LogP contribution in [0, 0.1) is 0 Å². The fraction of sp³-hybridized carbons (Fsp3) is 0.364. The molecule has 1 aromatic heterocycles. The van der Waals surface area contributed by atoms with Gasteiger partial charge in [-0.15, -0.1) is 0 Å². The molecular formula is C22H24N4O3S3. The van der Waals surface area contributed by atoms with Crippen LogP contribution in [0.3, 0.4) is 0 Å². The number of aryl methyl sites for hydroxylation is 1. The molecule has 2 aliphatic heterocycles. The van der Waals surface area contributed by atoms with Crippen LogP contribution in [0.25, 0.3) is 11.0 Å². The Labute approximate surface area is 196 Å². The van der Waals surface area contributed by atoms with Crippen molar-refractivity contribution in [2.45, 2.75) is 29.9 Å². The number of rotatable bonds is 5. The molecule has 0 bridgehead atoms. The van der Waals surface area contributed by atoms with E-state index in [0.717, 1.165) is 33.7 Å². The van der Waals surface area contributed by atoms with Crippen LogP contribution in [0.2, 0.25) is 0 Å². The van der Waals surface area contributed by atoms with Crippen molar-refractivity contribution in [3.05, 3.63) is 53.9 Å². The number of aliphatic imine (C=N–C) groups is 1. The van der Waals surface area contributed by atoms with E-state index in [9.17, 15) is 8.42 Å². The Kier molecular flexibility index (Phi) is 6.31. The van der Waals surface area contributed by atoms with Crippen molar-refractivity contribution in [3.63, 3.8) is 0 Å². The quantitative estimate of drug-likeness (QED) is 0.535. The fourth-order valence-electron chi connectivity index (χ4n) is 3.93. The third-order valence-electron chi connectivity index (χ3n) is 5.60. The Morgan fingerprint density at radius 3 is 2.78 bits per heavy atom. The van der Waals surface area contributed by atoms with Gasteiger partial charge in [-0.1, -0.05) is 41.7 Å². The highest BCUT2D eigenvalue weighted by molar-refractivity contribution is 8.38. The van der Waals surface area contributed by atoms with E-state index < -0.39 is 10.0 Å². The summed E-state index contributed by atoms with van der Waals surface area (Å²) in [5.74, 6) is 2.53. The van der Waals surface area contributed by atoms with E-state index in [1.807, 2.05) is 24.3 Å². The van der Waals surface area contributed by atoms with Crippen molar-refractivity contribution < 1.29 is 13.2 Å². The van der Waals surface area contributed by atoms with E-state index in [2.05, 4.69) is 17.6 Å². The predicted octanol–water partition coefficient (Wildman–Crippen LogP) is 4.24. The molecule has 1 fully saturated rings. The first-order chi connectivity index (χ1) is 15.6. The van der Waals surface area contributed by atoms with Gasteiger partial charge in [0.25, 0.3) is 0 Å². The van der Waals surface area contributed by atoms with E-state index >= 15 is 0 Å². The van der Waals surface area contributed by atoms with E-state index in [-0.39, 0.29) is 4.90 Å². The van der Waals surface area contributed by atoms with Crippen molar-refractivity contribution in [2.75, 3.05) is 26.3 Å². The third-order valence-corrected chi connectivity index (χ3v) is 9.74. The molecule has 0 aliphatic carbocycles. The number of aromatic nitrogens is 2. The summed E-state index contributed by atoms with van der Waals surface area (Å²) >= 11 is 3.43. The summed E-state index contributed by atoms with van der Waals surface area (Å²) in [5, 5.41) is 0. The fourth-order valence-corrected chi connectivity index (χ4v) is 7.37. The van der Waals surface area contributed by atoms with Gasteiger partial charge < -0.3 is 9.30 Å². The number of nitrogens with zero attached hydrogens (tertiary/aromatic N) is 4. The molecule has 1 saturated heterocycles. The molecular weight excluding hydrogens is 464 g/mol. The lowest BCUT2D eigenvalue weighted by Gasteiger charge is -2.26. The standard InChI is InChI=1S/C22H24N4O3S3/c1-2-26-20-8-7-17(32(27,28)25-9-11-29-12-10-25)13-19(20)23-21(26)15-31-22-24-18-6-4-3-5-16(18)14-30-22/h3-8,13H,2,9-12,14-15H2,1H3. The lowest BCUT2D eigenvalue weighted by Crippen LogP contribution is -2.40. The monoisotopic (exact) mass is 488 g/mol. The van der Waals surface area contributed by atoms with Gasteiger partial charge in [-0.25, -0.2) is 18.4 Å². The molecule has 3 heterocycles. The minimum Gasteiger partial charge on any atom is -0.379 e. The van der Waals surface area contributed by atoms with Crippen molar-refractivity contribution in [3.8, 4) is 0 Å². The number of para-hydroxylation sites is 1. The maximum Gasteiger partial charge on any atom is 0.243 e. The minimum atomic E-state index is -3.55. The highest BCUT2D eigenvalue weighted by atomic mass is 32.2. The van der Waals surface area contributed by atoms with Gasteiger partial charge in [-0.3, -0.25) is 0 Å². The SMILES string of the molecule is CCn1c(CSC2=Nc3ccccc3CS2)nc2cc(S(=O)(=O)N3CCOCC3)ccc21. The second-order valence-corrected chi connectivity index (χ2v) is 11.6. The van der Waals surface area contributed by atoms with Crippen LogP contribution < -0.4 is 0 Å². The normalized spacial score (nSPS) is 17.3. The molecule has 0 atom stereocenters. The number of hydrogen-bond acceptors (Lipinski definition) is 7. The number of thioether (sulfide) groups is 2. The number of morpholine rings is 1. The van der Waals surface area contributed by atoms with Crippen molar-refractivity contribution in [2.24, 2.45) is 4.99 Å². The zero-order valence-electron chi connectivity index (χ0n) is 17.7. The number of hydrogen-bond donors (Lipinski definition) is 0. The van der Waals surface area contributed by atoms with Crippen LogP contribution in [-0.4, -0.2) is 53.0 Å². The Hall–Kier alpha value is -1.85. The molecule has 0 amide bonds. The zero-order valence-corrected chi connectivity index (χ0v) is 20.2. The van der Waals surface area contributed by atoms with E-state index in [1.54, 1.807) is 35.7 Å². The second kappa shape index (κ2) is 9.18. The highest BCUT2D eigenvalue weighted by Gasteiger charge is 2.27. The van der Waals surface area contributed by atoms with Gasteiger partial charge in [0, 0.05) is 25.4 Å². The highest BCUT2D eigenvalue weighted by Crippen LogP contribution is 2.35. The van der Waals surface area contributed by atoms with Gasteiger partial charge in [0.1, 0.15) is 10.2 Å². The largest absolute Gasteiger partial charge is 0.379 e. The molecule has 0 N–H and O–H groups in total. The van der Waals surface area contributed by atoms with Gasteiger partial charge in [0.15, 0.2) is 0 Å². The smallest absolute Gasteiger partial charge is 0.243 e. The van der Waals surface area contributed by atoms with Crippen LogP contribution in [-0.2, 0) is 32.8 Å². The lowest BCUT2D eigenvalue weighted by molar-refractivity contribution is 0.0730. The van der Waals surface area contributed by atoms with Gasteiger partial charge in [0.2, 0.25) is 10.0 Å². The molecule has 0 unspecified atom stereocenters. The zero-order chi connectivity index (χ0) is 22.1. The lowest BCUT2D eigenvalue weighted by atomic mass is 10.2. The van der Waals surface area contributed by atoms with Gasteiger partial charge in [-0.05, 0) is 36.8 Å². The van der Waals surface area contributed by atoms with Crippen LogP contribution >= 0.6 is 23.5 Å². The average molecular weight is 489 g/mol. The number of ether oxygens (including phenoxy) is 1. The minimum absolute atomic E-state index is 0.288. The Morgan fingerprint density at radius 2 is 1.97 bits per heavy atom. The van der Waals surface area contributed by atoms with Crippen molar-refractivity contribution >= 4 is 54.6 Å². The summed E-state index contributed by atoms with van der Waals surface area (Å²) in [4.78, 5) is 9.87. The van der Waals surface area contributed by atoms with Crippen molar-refractivity contribution in [1.29, 1.82) is 0 Å². The molecule has 7 nitrogen and oxygen atoms in total. The Bertz CT molecular complexity index is 1280. The van der Waals surface area contributed by atoms with E-state index in [4.69, 9.17) is 14.7 Å². The predicted molar refractivity (Wildman–Crippen MR) is 131 cm³/mol. The first-order valence-electron chi connectivity index (χ1n) is 10.6. The number of sulfonamides is 1. The summed E-state index contributed by atoms with van der Waals surface area (Å²) < 4.78 is 36.0. The summed E-state index contributed by atoms with van der Waals surface area (Å²) in [6.45, 7) is 4.48. The summed E-state index contributed by atoms with van der Waals surface area (Å²) in [5.41, 5.74) is 3.96. The molecule has 3 aromatic rings.